The van der Waals surface area contributed by atoms with Gasteiger partial charge >= 0.3 is 0 Å². The van der Waals surface area contributed by atoms with E-state index in [9.17, 15) is 14.4 Å². The topological polar surface area (TPSA) is 117 Å². The molecular weight excluding hydrogens is 462 g/mol. The molecule has 0 spiro atoms. The van der Waals surface area contributed by atoms with Crippen LogP contribution >= 0.6 is 0 Å². The zero-order valence-corrected chi connectivity index (χ0v) is 20.1. The lowest BCUT2D eigenvalue weighted by Gasteiger charge is -2.41. The van der Waals surface area contributed by atoms with Gasteiger partial charge in [-0.25, -0.2) is 4.98 Å². The lowest BCUT2D eigenvalue weighted by Crippen LogP contribution is -2.48. The minimum Gasteiger partial charge on any atom is -0.493 e. The number of nitrogens with one attached hydrogen (secondary N) is 2. The normalized spacial score (nSPS) is 15.9. The van der Waals surface area contributed by atoms with Crippen LogP contribution in [-0.2, 0) is 4.79 Å². The highest BCUT2D eigenvalue weighted by Crippen LogP contribution is 2.49. The Kier molecular flexibility index (Phi) is 6.32. The van der Waals surface area contributed by atoms with Crippen LogP contribution in [0, 0.1) is 0 Å². The number of para-hydroxylation sites is 1. The van der Waals surface area contributed by atoms with Crippen molar-refractivity contribution in [2.45, 2.75) is 31.8 Å². The number of amides is 3. The minimum absolute atomic E-state index is 0.115. The number of ether oxygens (including phenoxy) is 2. The summed E-state index contributed by atoms with van der Waals surface area (Å²) in [7, 11) is 3.03. The summed E-state index contributed by atoms with van der Waals surface area (Å²) in [4.78, 5) is 49.6. The summed E-state index contributed by atoms with van der Waals surface area (Å²) in [6.45, 7) is 0.440. The van der Waals surface area contributed by atoms with Crippen LogP contribution in [0.5, 0.6) is 11.5 Å². The van der Waals surface area contributed by atoms with Gasteiger partial charge in [-0.1, -0.05) is 24.6 Å². The summed E-state index contributed by atoms with van der Waals surface area (Å²) >= 11 is 0. The van der Waals surface area contributed by atoms with Gasteiger partial charge in [-0.2, -0.15) is 0 Å². The molecule has 10 nitrogen and oxygen atoms in total. The Labute approximate surface area is 208 Å². The van der Waals surface area contributed by atoms with Crippen molar-refractivity contribution in [3.63, 3.8) is 0 Å². The summed E-state index contributed by atoms with van der Waals surface area (Å²) in [5.41, 5.74) is 2.18. The van der Waals surface area contributed by atoms with E-state index in [4.69, 9.17) is 9.47 Å². The summed E-state index contributed by atoms with van der Waals surface area (Å²) in [5.74, 6) is 0.776. The lowest BCUT2D eigenvalue weighted by molar-refractivity contribution is -0.116. The van der Waals surface area contributed by atoms with Gasteiger partial charge in [0.15, 0.2) is 11.5 Å². The van der Waals surface area contributed by atoms with E-state index in [2.05, 4.69) is 15.3 Å². The summed E-state index contributed by atoms with van der Waals surface area (Å²) in [5, 5.41) is 2.71. The van der Waals surface area contributed by atoms with E-state index in [1.165, 1.54) is 14.2 Å². The molecule has 0 saturated carbocycles. The van der Waals surface area contributed by atoms with Crippen LogP contribution in [0.2, 0.25) is 0 Å². The van der Waals surface area contributed by atoms with Gasteiger partial charge in [0, 0.05) is 30.9 Å². The molecule has 2 aliphatic rings. The second-order valence-electron chi connectivity index (χ2n) is 8.63. The average molecular weight is 490 g/mol. The third kappa shape index (κ3) is 3.94. The molecule has 1 aromatic heterocycles. The third-order valence-corrected chi connectivity index (χ3v) is 6.54. The van der Waals surface area contributed by atoms with Crippen molar-refractivity contribution in [3.05, 3.63) is 65.5 Å². The maximum absolute atomic E-state index is 13.7. The van der Waals surface area contributed by atoms with Crippen molar-refractivity contribution in [2.24, 2.45) is 0 Å². The van der Waals surface area contributed by atoms with E-state index in [0.29, 0.717) is 65.6 Å². The lowest BCUT2D eigenvalue weighted by atomic mass is 10.0. The molecule has 3 aromatic rings. The number of hydrogen-bond acceptors (Lipinski definition) is 6. The van der Waals surface area contributed by atoms with E-state index in [0.717, 1.165) is 6.42 Å². The second-order valence-corrected chi connectivity index (χ2v) is 8.63. The minimum atomic E-state index is -0.572. The van der Waals surface area contributed by atoms with E-state index in [-0.39, 0.29) is 17.7 Å². The average Bonchev–Trinajstić information content (AvgIpc) is 3.51. The quantitative estimate of drug-likeness (QED) is 0.442. The maximum Gasteiger partial charge on any atom is 0.264 e. The number of benzene rings is 2. The van der Waals surface area contributed by atoms with Gasteiger partial charge in [-0.05, 0) is 31.0 Å². The van der Waals surface area contributed by atoms with Gasteiger partial charge in [0.05, 0.1) is 31.0 Å². The van der Waals surface area contributed by atoms with Crippen LogP contribution in [0.1, 0.15) is 58.1 Å². The second kappa shape index (κ2) is 9.73. The molecule has 1 atom stereocenters. The number of hydrogen-bond donors (Lipinski definition) is 2. The number of imidazole rings is 1. The molecule has 0 fully saturated rings. The van der Waals surface area contributed by atoms with Gasteiger partial charge in [0.25, 0.3) is 11.8 Å². The highest BCUT2D eigenvalue weighted by Gasteiger charge is 2.49. The van der Waals surface area contributed by atoms with Crippen LogP contribution in [0.3, 0.4) is 0 Å². The van der Waals surface area contributed by atoms with Crippen LogP contribution in [-0.4, -0.2) is 53.4 Å². The number of carbonyl (C=O) groups is 3. The summed E-state index contributed by atoms with van der Waals surface area (Å²) in [6, 6.07) is 10.7. The van der Waals surface area contributed by atoms with Crippen molar-refractivity contribution >= 4 is 29.4 Å². The Morgan fingerprint density at radius 1 is 1.06 bits per heavy atom. The van der Waals surface area contributed by atoms with Crippen molar-refractivity contribution in [1.82, 2.24) is 14.9 Å². The molecule has 3 amide bonds. The molecule has 0 saturated heterocycles. The first-order valence-corrected chi connectivity index (χ1v) is 11.8. The van der Waals surface area contributed by atoms with E-state index in [1.807, 2.05) is 12.1 Å². The molecular formula is C26H27N5O5. The Bertz CT molecular complexity index is 1310. The molecule has 2 N–H and O–H groups in total. The van der Waals surface area contributed by atoms with E-state index >= 15 is 0 Å². The van der Waals surface area contributed by atoms with Gasteiger partial charge in [-0.15, -0.1) is 0 Å². The monoisotopic (exact) mass is 489 g/mol. The molecule has 0 radical (unpaired) electrons. The fourth-order valence-corrected chi connectivity index (χ4v) is 4.92. The predicted octanol–water partition coefficient (Wildman–Crippen LogP) is 3.74. The number of nitrogens with zero attached hydrogens (tertiary/aromatic N) is 3. The standard InChI is InChI=1S/C26H27N5O5/c1-35-19-12-11-17-21(22(19)36-2)25(34)31-18-9-6-5-8-16(18)24(33)30(23(17)31)15-7-3-4-10-20(32)29-26-27-13-14-28-26/h5-6,8-9,11-14,23H,3-4,7,10,15H2,1-2H3,(H2,27,28,29,32)/t23-/m0/s1. The van der Waals surface area contributed by atoms with Crippen LogP contribution in [0.15, 0.2) is 48.8 Å². The fraction of sp³-hybridized carbons (Fsp3) is 0.308. The Morgan fingerprint density at radius 2 is 1.89 bits per heavy atom. The molecule has 0 bridgehead atoms. The number of aromatic nitrogens is 2. The van der Waals surface area contributed by atoms with E-state index in [1.54, 1.807) is 46.5 Å². The van der Waals surface area contributed by atoms with Gasteiger partial charge in [0.2, 0.25) is 11.9 Å². The number of fused-ring (bicyclic) bond motifs is 5. The first-order chi connectivity index (χ1) is 17.5. The molecule has 3 heterocycles. The van der Waals surface area contributed by atoms with Crippen molar-refractivity contribution in [3.8, 4) is 11.5 Å². The Morgan fingerprint density at radius 3 is 2.64 bits per heavy atom. The van der Waals surface area contributed by atoms with Crippen molar-refractivity contribution < 1.29 is 23.9 Å². The highest BCUT2D eigenvalue weighted by molar-refractivity contribution is 6.18. The Balaban J connectivity index is 1.35. The first kappa shape index (κ1) is 23.4. The largest absolute Gasteiger partial charge is 0.493 e. The Hall–Kier alpha value is -4.34. The number of unbranched alkanes of at least 4 members (excludes halogenated alkanes) is 2. The van der Waals surface area contributed by atoms with Crippen molar-refractivity contribution in [1.29, 1.82) is 0 Å². The number of rotatable bonds is 9. The third-order valence-electron chi connectivity index (χ3n) is 6.54. The number of anilines is 2. The van der Waals surface area contributed by atoms with Gasteiger partial charge in [0.1, 0.15) is 6.17 Å². The number of carbonyl (C=O) groups excluding carboxylic acids is 3. The molecule has 5 rings (SSSR count). The van der Waals surface area contributed by atoms with Crippen LogP contribution in [0.4, 0.5) is 11.6 Å². The zero-order valence-electron chi connectivity index (χ0n) is 20.1. The molecule has 2 aromatic carbocycles. The molecule has 186 valence electrons. The maximum atomic E-state index is 13.7. The van der Waals surface area contributed by atoms with Crippen LogP contribution in [0.25, 0.3) is 0 Å². The van der Waals surface area contributed by atoms with Crippen molar-refractivity contribution in [2.75, 3.05) is 31.0 Å². The zero-order chi connectivity index (χ0) is 25.2. The number of methoxy groups -OCH3 is 2. The molecule has 2 aliphatic heterocycles. The smallest absolute Gasteiger partial charge is 0.264 e. The number of aromatic amines is 1. The molecule has 0 aliphatic carbocycles. The predicted molar refractivity (Wildman–Crippen MR) is 132 cm³/mol. The summed E-state index contributed by atoms with van der Waals surface area (Å²) < 4.78 is 11.0. The molecule has 0 unspecified atom stereocenters. The van der Waals surface area contributed by atoms with Gasteiger partial charge < -0.3 is 19.4 Å². The first-order valence-electron chi connectivity index (χ1n) is 11.8. The number of H-pyrrole nitrogens is 1. The molecule has 10 heteroatoms. The SMILES string of the molecule is COc1ccc2c(c1OC)C(=O)N1c3ccccc3C(=O)N(CCCCCC(=O)Nc3ncc[nH]3)[C@H]21. The highest BCUT2D eigenvalue weighted by atomic mass is 16.5. The molecule has 36 heavy (non-hydrogen) atoms. The van der Waals surface area contributed by atoms with E-state index < -0.39 is 6.17 Å². The summed E-state index contributed by atoms with van der Waals surface area (Å²) in [6.07, 6.45) is 5.09. The van der Waals surface area contributed by atoms with Crippen LogP contribution < -0.4 is 19.7 Å². The van der Waals surface area contributed by atoms with Gasteiger partial charge in [-0.3, -0.25) is 24.6 Å². The fourth-order valence-electron chi connectivity index (χ4n) is 4.92.